The Balaban J connectivity index is 2.97. The third-order valence-electron chi connectivity index (χ3n) is 3.26. The Bertz CT molecular complexity index is 543. The van der Waals surface area contributed by atoms with E-state index in [1.165, 1.54) is 6.26 Å². The molecule has 0 aromatic heterocycles. The topological polar surface area (TPSA) is 66.4 Å². The summed E-state index contributed by atoms with van der Waals surface area (Å²) in [6.07, 6.45) is 1.80. The molecule has 1 aromatic rings. The molecule has 2 N–H and O–H groups in total. The first-order valence-corrected chi connectivity index (χ1v) is 8.86. The van der Waals surface area contributed by atoms with Crippen molar-refractivity contribution in [1.29, 1.82) is 0 Å². The fourth-order valence-electron chi connectivity index (χ4n) is 2.10. The van der Waals surface area contributed by atoms with Gasteiger partial charge in [-0.3, -0.25) is 0 Å². The summed E-state index contributed by atoms with van der Waals surface area (Å²) >= 11 is 6.12. The first-order valence-electron chi connectivity index (χ1n) is 6.59. The number of nitrogens with one attached hydrogen (secondary N) is 1. The van der Waals surface area contributed by atoms with Crippen molar-refractivity contribution < 1.29 is 13.5 Å². The lowest BCUT2D eigenvalue weighted by Crippen LogP contribution is -2.34. The van der Waals surface area contributed by atoms with E-state index in [9.17, 15) is 8.42 Å². The van der Waals surface area contributed by atoms with E-state index in [-0.39, 0.29) is 17.5 Å². The first kappa shape index (κ1) is 17.4. The Kier molecular flexibility index (Phi) is 6.45. The third-order valence-corrected chi connectivity index (χ3v) is 4.80. The SMILES string of the molecule is CC(C)C(CCO)NCc1c(Cl)cccc1S(C)(=O)=O. The zero-order chi connectivity index (χ0) is 15.3. The Morgan fingerprint density at radius 2 is 2.00 bits per heavy atom. The van der Waals surface area contributed by atoms with Crippen molar-refractivity contribution >= 4 is 21.4 Å². The maximum atomic E-state index is 11.8. The van der Waals surface area contributed by atoms with E-state index in [2.05, 4.69) is 19.2 Å². The lowest BCUT2D eigenvalue weighted by atomic mass is 10.0. The third kappa shape index (κ3) is 4.74. The number of hydrogen-bond acceptors (Lipinski definition) is 4. The monoisotopic (exact) mass is 319 g/mol. The van der Waals surface area contributed by atoms with Crippen LogP contribution in [0, 0.1) is 5.92 Å². The van der Waals surface area contributed by atoms with E-state index in [1.807, 2.05) is 0 Å². The maximum Gasteiger partial charge on any atom is 0.175 e. The minimum absolute atomic E-state index is 0.0945. The van der Waals surface area contributed by atoms with Gasteiger partial charge in [-0.05, 0) is 24.5 Å². The minimum atomic E-state index is -3.31. The molecule has 0 bridgehead atoms. The van der Waals surface area contributed by atoms with Crippen LogP contribution in [0.5, 0.6) is 0 Å². The van der Waals surface area contributed by atoms with Gasteiger partial charge in [0.1, 0.15) is 0 Å². The largest absolute Gasteiger partial charge is 0.396 e. The van der Waals surface area contributed by atoms with Crippen LogP contribution in [0.25, 0.3) is 0 Å². The van der Waals surface area contributed by atoms with Crippen LogP contribution in [0.15, 0.2) is 23.1 Å². The van der Waals surface area contributed by atoms with Crippen molar-refractivity contribution in [2.45, 2.75) is 37.8 Å². The molecule has 4 nitrogen and oxygen atoms in total. The smallest absolute Gasteiger partial charge is 0.175 e. The van der Waals surface area contributed by atoms with Crippen LogP contribution in [0.2, 0.25) is 5.02 Å². The van der Waals surface area contributed by atoms with E-state index in [0.717, 1.165) is 0 Å². The molecule has 0 aliphatic carbocycles. The average Bonchev–Trinajstić information content (AvgIpc) is 2.34. The van der Waals surface area contributed by atoms with Gasteiger partial charge in [0.05, 0.1) is 4.90 Å². The molecular formula is C14H22ClNO3S. The van der Waals surface area contributed by atoms with E-state index < -0.39 is 9.84 Å². The van der Waals surface area contributed by atoms with E-state index >= 15 is 0 Å². The molecule has 1 rings (SSSR count). The number of sulfone groups is 1. The number of benzene rings is 1. The molecular weight excluding hydrogens is 298 g/mol. The van der Waals surface area contributed by atoms with Gasteiger partial charge in [0.15, 0.2) is 9.84 Å². The van der Waals surface area contributed by atoms with Crippen LogP contribution in [-0.4, -0.2) is 32.4 Å². The summed E-state index contributed by atoms with van der Waals surface area (Å²) < 4.78 is 23.6. The standard InChI is InChI=1S/C14H22ClNO3S/c1-10(2)13(7-8-17)16-9-11-12(15)5-4-6-14(11)20(3,18)19/h4-6,10,13,16-17H,7-9H2,1-3H3. The highest BCUT2D eigenvalue weighted by molar-refractivity contribution is 7.90. The highest BCUT2D eigenvalue weighted by Gasteiger charge is 2.18. The van der Waals surface area contributed by atoms with Gasteiger partial charge in [-0.25, -0.2) is 8.42 Å². The molecule has 0 amide bonds. The van der Waals surface area contributed by atoms with Crippen molar-refractivity contribution in [2.24, 2.45) is 5.92 Å². The molecule has 1 unspecified atom stereocenters. The van der Waals surface area contributed by atoms with Gasteiger partial charge in [-0.2, -0.15) is 0 Å². The summed E-state index contributed by atoms with van der Waals surface area (Å²) in [6, 6.07) is 5.00. The van der Waals surface area contributed by atoms with Crippen molar-refractivity contribution in [3.63, 3.8) is 0 Å². The lowest BCUT2D eigenvalue weighted by molar-refractivity contribution is 0.243. The summed E-state index contributed by atoms with van der Waals surface area (Å²) in [7, 11) is -3.31. The summed E-state index contributed by atoms with van der Waals surface area (Å²) in [5.74, 6) is 0.339. The molecule has 6 heteroatoms. The second kappa shape index (κ2) is 7.41. The van der Waals surface area contributed by atoms with Crippen molar-refractivity contribution in [1.82, 2.24) is 5.32 Å². The van der Waals surface area contributed by atoms with Crippen LogP contribution >= 0.6 is 11.6 Å². The average molecular weight is 320 g/mol. The summed E-state index contributed by atoms with van der Waals surface area (Å²) in [4.78, 5) is 0.254. The Morgan fingerprint density at radius 3 is 2.50 bits per heavy atom. The first-order chi connectivity index (χ1) is 9.27. The second-order valence-electron chi connectivity index (χ2n) is 5.23. The summed E-state index contributed by atoms with van der Waals surface area (Å²) in [5, 5.41) is 12.8. The lowest BCUT2D eigenvalue weighted by Gasteiger charge is -2.22. The van der Waals surface area contributed by atoms with Crippen LogP contribution in [0.1, 0.15) is 25.8 Å². The predicted molar refractivity (Wildman–Crippen MR) is 81.7 cm³/mol. The van der Waals surface area contributed by atoms with Gasteiger partial charge >= 0.3 is 0 Å². The zero-order valence-electron chi connectivity index (χ0n) is 12.1. The highest BCUT2D eigenvalue weighted by Crippen LogP contribution is 2.24. The van der Waals surface area contributed by atoms with Gasteiger partial charge in [0.2, 0.25) is 0 Å². The van der Waals surface area contributed by atoms with Gasteiger partial charge in [-0.15, -0.1) is 0 Å². The molecule has 0 radical (unpaired) electrons. The number of rotatable bonds is 7. The normalized spacial score (nSPS) is 13.7. The Hall–Kier alpha value is -0.620. The molecule has 1 atom stereocenters. The molecule has 114 valence electrons. The number of aliphatic hydroxyl groups excluding tert-OH is 1. The molecule has 0 spiro atoms. The maximum absolute atomic E-state index is 11.8. The molecule has 0 saturated heterocycles. The van der Waals surface area contributed by atoms with E-state index in [1.54, 1.807) is 18.2 Å². The predicted octanol–water partition coefficient (Wildman–Crippen LogP) is 2.24. The van der Waals surface area contributed by atoms with Crippen molar-refractivity contribution in [2.75, 3.05) is 12.9 Å². The van der Waals surface area contributed by atoms with E-state index in [0.29, 0.717) is 29.5 Å². The van der Waals surface area contributed by atoms with Crippen molar-refractivity contribution in [3.8, 4) is 0 Å². The molecule has 20 heavy (non-hydrogen) atoms. The summed E-state index contributed by atoms with van der Waals surface area (Å²) in [6.45, 7) is 4.57. The molecule has 0 aliphatic rings. The zero-order valence-corrected chi connectivity index (χ0v) is 13.6. The van der Waals surface area contributed by atoms with E-state index in [4.69, 9.17) is 16.7 Å². The van der Waals surface area contributed by atoms with Crippen LogP contribution in [-0.2, 0) is 16.4 Å². The second-order valence-corrected chi connectivity index (χ2v) is 7.62. The van der Waals surface area contributed by atoms with Gasteiger partial charge in [0, 0.05) is 36.0 Å². The molecule has 0 heterocycles. The number of halogens is 1. The molecule has 1 aromatic carbocycles. The van der Waals surface area contributed by atoms with Crippen molar-refractivity contribution in [3.05, 3.63) is 28.8 Å². The fraction of sp³-hybridized carbons (Fsp3) is 0.571. The quantitative estimate of drug-likeness (QED) is 0.809. The highest BCUT2D eigenvalue weighted by atomic mass is 35.5. The van der Waals surface area contributed by atoms with Crippen LogP contribution in [0.3, 0.4) is 0 Å². The number of hydrogen-bond donors (Lipinski definition) is 2. The Morgan fingerprint density at radius 1 is 1.35 bits per heavy atom. The fourth-order valence-corrected chi connectivity index (χ4v) is 3.35. The van der Waals surface area contributed by atoms with Gasteiger partial charge in [-0.1, -0.05) is 31.5 Å². The molecule has 0 aliphatic heterocycles. The minimum Gasteiger partial charge on any atom is -0.396 e. The summed E-state index contributed by atoms with van der Waals surface area (Å²) in [5.41, 5.74) is 0.584. The Labute approximate surface area is 126 Å². The van der Waals surface area contributed by atoms with Gasteiger partial charge in [0.25, 0.3) is 0 Å². The van der Waals surface area contributed by atoms with Crippen LogP contribution < -0.4 is 5.32 Å². The number of aliphatic hydroxyl groups is 1. The van der Waals surface area contributed by atoms with Gasteiger partial charge < -0.3 is 10.4 Å². The molecule has 0 fully saturated rings. The molecule has 0 saturated carbocycles. The van der Waals surface area contributed by atoms with Crippen LogP contribution in [0.4, 0.5) is 0 Å².